The lowest BCUT2D eigenvalue weighted by molar-refractivity contribution is 0.0752. The Hall–Kier alpha value is -3.41. The molecule has 1 unspecified atom stereocenters. The molecule has 6 rings (SSSR count). The first-order chi connectivity index (χ1) is 17.5. The molecule has 1 atom stereocenters. The Balaban J connectivity index is 1.32. The highest BCUT2D eigenvalue weighted by Gasteiger charge is 2.26. The number of imidazole rings is 1. The topological polar surface area (TPSA) is 93.8 Å². The Morgan fingerprint density at radius 3 is 2.75 bits per heavy atom. The van der Waals surface area contributed by atoms with Crippen molar-refractivity contribution in [2.75, 3.05) is 26.3 Å². The predicted octanol–water partition coefficient (Wildman–Crippen LogP) is 2.88. The molecule has 1 saturated heterocycles. The van der Waals surface area contributed by atoms with E-state index in [9.17, 15) is 13.4 Å². The van der Waals surface area contributed by atoms with Gasteiger partial charge in [-0.05, 0) is 55.2 Å². The number of pyridine rings is 1. The van der Waals surface area contributed by atoms with Crippen molar-refractivity contribution >= 4 is 22.5 Å². The predicted molar refractivity (Wildman–Crippen MR) is 132 cm³/mol. The number of halogens is 1. The van der Waals surface area contributed by atoms with E-state index in [0.29, 0.717) is 48.2 Å². The van der Waals surface area contributed by atoms with E-state index >= 15 is 0 Å². The molecule has 0 radical (unpaired) electrons. The van der Waals surface area contributed by atoms with Gasteiger partial charge in [0.05, 0.1) is 36.1 Å². The summed E-state index contributed by atoms with van der Waals surface area (Å²) >= 11 is 0. The van der Waals surface area contributed by atoms with Crippen LogP contribution < -0.4 is 5.32 Å². The summed E-state index contributed by atoms with van der Waals surface area (Å²) in [6.07, 6.45) is 8.86. The van der Waals surface area contributed by atoms with Gasteiger partial charge in [0.15, 0.2) is 5.82 Å². The number of ether oxygens (including phenoxy) is 1. The molecule has 36 heavy (non-hydrogen) atoms. The van der Waals surface area contributed by atoms with Gasteiger partial charge in [-0.3, -0.25) is 9.20 Å². The van der Waals surface area contributed by atoms with Crippen LogP contribution in [0.25, 0.3) is 22.6 Å². The van der Waals surface area contributed by atoms with Gasteiger partial charge in [0.1, 0.15) is 22.5 Å². The van der Waals surface area contributed by atoms with Gasteiger partial charge in [0, 0.05) is 37.1 Å². The zero-order chi connectivity index (χ0) is 24.8. The molecule has 1 aromatic carbocycles. The lowest BCUT2D eigenvalue weighted by atomic mass is 9.99. The van der Waals surface area contributed by atoms with Crippen molar-refractivity contribution in [3.63, 3.8) is 0 Å². The van der Waals surface area contributed by atoms with Crippen LogP contribution in [-0.2, 0) is 15.7 Å². The number of aromatic nitrogens is 4. The number of benzene rings is 1. The van der Waals surface area contributed by atoms with Crippen molar-refractivity contribution in [3.05, 3.63) is 66.0 Å². The highest BCUT2D eigenvalue weighted by atomic mass is 32.2. The number of hydrogen-bond donors (Lipinski definition) is 1. The van der Waals surface area contributed by atoms with Crippen molar-refractivity contribution in [1.29, 1.82) is 0 Å². The molecule has 0 spiro atoms. The molecule has 1 N–H and O–H groups in total. The summed E-state index contributed by atoms with van der Waals surface area (Å²) in [5, 5.41) is 7.35. The molecule has 4 aromatic rings. The summed E-state index contributed by atoms with van der Waals surface area (Å²) in [6.45, 7) is 4.16. The molecule has 2 fully saturated rings. The molecular weight excluding hydrogens is 483 g/mol. The van der Waals surface area contributed by atoms with Gasteiger partial charge in [-0.1, -0.05) is 0 Å². The van der Waals surface area contributed by atoms with Crippen LogP contribution in [0.4, 0.5) is 4.39 Å². The van der Waals surface area contributed by atoms with Crippen molar-refractivity contribution < 1.29 is 18.1 Å². The number of rotatable bonds is 6. The van der Waals surface area contributed by atoms with E-state index in [2.05, 4.69) is 15.4 Å². The number of nitrogens with one attached hydrogen (secondary N) is 1. The molecule has 1 aliphatic heterocycles. The number of aryl methyl sites for hydroxylation is 1. The standard InChI is InChI=1S/C25H25FN6O3S/c1-16-10-22(26)21(25(33)29-18-2-3-18)11-20(16)17-12-28-32(14-17)24-13-27-23-5-4-19(15-31(23)24)36(34)30-6-8-35-9-7-30/h4-5,10-15,18H,2-3,6-9H2,1H3,(H,29,33). The van der Waals surface area contributed by atoms with Gasteiger partial charge in [-0.15, -0.1) is 0 Å². The largest absolute Gasteiger partial charge is 0.379 e. The Kier molecular flexibility index (Phi) is 5.90. The molecule has 3 aromatic heterocycles. The monoisotopic (exact) mass is 508 g/mol. The van der Waals surface area contributed by atoms with Crippen molar-refractivity contribution in [2.24, 2.45) is 0 Å². The Labute approximate surface area is 209 Å². The first-order valence-corrected chi connectivity index (χ1v) is 13.0. The second-order valence-electron chi connectivity index (χ2n) is 9.07. The molecule has 11 heteroatoms. The molecule has 1 aliphatic carbocycles. The third-order valence-corrected chi connectivity index (χ3v) is 7.94. The van der Waals surface area contributed by atoms with Gasteiger partial charge >= 0.3 is 0 Å². The van der Waals surface area contributed by atoms with Gasteiger partial charge in [0.25, 0.3) is 5.91 Å². The molecule has 0 bridgehead atoms. The van der Waals surface area contributed by atoms with Gasteiger partial charge in [-0.25, -0.2) is 22.6 Å². The van der Waals surface area contributed by atoms with Crippen LogP contribution in [0.3, 0.4) is 0 Å². The van der Waals surface area contributed by atoms with Crippen LogP contribution in [0.5, 0.6) is 0 Å². The van der Waals surface area contributed by atoms with Gasteiger partial charge in [-0.2, -0.15) is 5.10 Å². The summed E-state index contributed by atoms with van der Waals surface area (Å²) in [6, 6.07) is 6.76. The fourth-order valence-corrected chi connectivity index (χ4v) is 5.48. The maximum atomic E-state index is 14.6. The van der Waals surface area contributed by atoms with Crippen LogP contribution >= 0.6 is 0 Å². The number of nitrogens with zero attached hydrogens (tertiary/aromatic N) is 5. The molecule has 9 nitrogen and oxygen atoms in total. The van der Waals surface area contributed by atoms with Crippen LogP contribution in [0.2, 0.25) is 0 Å². The minimum atomic E-state index is -1.31. The molecule has 2 aliphatic rings. The Bertz CT molecular complexity index is 1490. The molecule has 1 amide bonds. The zero-order valence-corrected chi connectivity index (χ0v) is 20.5. The van der Waals surface area contributed by atoms with Crippen molar-refractivity contribution in [3.8, 4) is 16.9 Å². The lowest BCUT2D eigenvalue weighted by Gasteiger charge is -2.25. The fraction of sp³-hybridized carbons (Fsp3) is 0.320. The second-order valence-corrected chi connectivity index (χ2v) is 10.6. The Morgan fingerprint density at radius 2 is 1.97 bits per heavy atom. The molecule has 4 heterocycles. The normalized spacial score (nSPS) is 17.4. The minimum absolute atomic E-state index is 0.0280. The van der Waals surface area contributed by atoms with Gasteiger partial charge < -0.3 is 10.1 Å². The summed E-state index contributed by atoms with van der Waals surface area (Å²) in [4.78, 5) is 17.7. The zero-order valence-electron chi connectivity index (χ0n) is 19.7. The van der Waals surface area contributed by atoms with Crippen LogP contribution in [0.15, 0.2) is 53.9 Å². The Morgan fingerprint density at radius 1 is 1.17 bits per heavy atom. The summed E-state index contributed by atoms with van der Waals surface area (Å²) in [5.74, 6) is -0.265. The number of fused-ring (bicyclic) bond motifs is 1. The lowest BCUT2D eigenvalue weighted by Crippen LogP contribution is -2.37. The number of carbonyl (C=O) groups is 1. The number of morpholine rings is 1. The minimum Gasteiger partial charge on any atom is -0.379 e. The highest BCUT2D eigenvalue weighted by Crippen LogP contribution is 2.28. The van der Waals surface area contributed by atoms with E-state index in [4.69, 9.17) is 4.74 Å². The SMILES string of the molecule is Cc1cc(F)c(C(=O)NC2CC2)cc1-c1cnn(-c2cnc3ccc(S(=O)N4CCOCC4)cn23)c1. The van der Waals surface area contributed by atoms with Crippen molar-refractivity contribution in [2.45, 2.75) is 30.7 Å². The fourth-order valence-electron chi connectivity index (χ4n) is 4.32. The van der Waals surface area contributed by atoms with Crippen LogP contribution in [0.1, 0.15) is 28.8 Å². The third kappa shape index (κ3) is 4.34. The first kappa shape index (κ1) is 23.0. The maximum absolute atomic E-state index is 14.6. The highest BCUT2D eigenvalue weighted by molar-refractivity contribution is 7.82. The summed E-state index contributed by atoms with van der Waals surface area (Å²) in [5.41, 5.74) is 2.90. The van der Waals surface area contributed by atoms with E-state index in [1.165, 1.54) is 6.07 Å². The van der Waals surface area contributed by atoms with E-state index < -0.39 is 22.7 Å². The number of carbonyl (C=O) groups excluding carboxylic acids is 1. The second kappa shape index (κ2) is 9.23. The van der Waals surface area contributed by atoms with Crippen molar-refractivity contribution in [1.82, 2.24) is 28.8 Å². The average Bonchev–Trinajstić information content (AvgIpc) is 3.39. The summed E-state index contributed by atoms with van der Waals surface area (Å²) < 4.78 is 38.4. The average molecular weight is 509 g/mol. The van der Waals surface area contributed by atoms with Crippen LogP contribution in [0, 0.1) is 12.7 Å². The summed E-state index contributed by atoms with van der Waals surface area (Å²) in [7, 11) is -1.31. The first-order valence-electron chi connectivity index (χ1n) is 11.9. The molecular formula is C25H25FN6O3S. The smallest absolute Gasteiger partial charge is 0.254 e. The number of hydrogen-bond acceptors (Lipinski definition) is 5. The van der Waals surface area contributed by atoms with E-state index in [1.54, 1.807) is 30.1 Å². The van der Waals surface area contributed by atoms with Gasteiger partial charge in [0.2, 0.25) is 0 Å². The maximum Gasteiger partial charge on any atom is 0.254 e. The molecule has 1 saturated carbocycles. The quantitative estimate of drug-likeness (QED) is 0.432. The number of amides is 1. The van der Waals surface area contributed by atoms with E-state index in [-0.39, 0.29) is 11.6 Å². The molecule has 186 valence electrons. The van der Waals surface area contributed by atoms with Crippen LogP contribution in [-0.4, -0.2) is 65.9 Å². The van der Waals surface area contributed by atoms with E-state index in [1.807, 2.05) is 33.2 Å². The van der Waals surface area contributed by atoms with E-state index in [0.717, 1.165) is 24.0 Å². The third-order valence-electron chi connectivity index (χ3n) is 6.46.